The number of rotatable bonds is 3. The number of hydrogen-bond donors (Lipinski definition) is 2. The second-order valence-electron chi connectivity index (χ2n) is 6.85. The van der Waals surface area contributed by atoms with Crippen molar-refractivity contribution in [1.82, 2.24) is 9.88 Å². The summed E-state index contributed by atoms with van der Waals surface area (Å²) < 4.78 is 5.89. The van der Waals surface area contributed by atoms with E-state index < -0.39 is 35.8 Å². The summed E-state index contributed by atoms with van der Waals surface area (Å²) in [7, 11) is 0. The second-order valence-corrected chi connectivity index (χ2v) is 7.66. The Bertz CT molecular complexity index is 698. The largest absolute Gasteiger partial charge is 0.480 e. The van der Waals surface area contributed by atoms with Gasteiger partial charge in [0.15, 0.2) is 0 Å². The summed E-state index contributed by atoms with van der Waals surface area (Å²) in [5.74, 6) is -1.02. The number of nitrogens with zero attached hydrogens (tertiary/aromatic N) is 3. The first-order chi connectivity index (χ1) is 12.0. The second kappa shape index (κ2) is 7.48. The number of aliphatic carboxylic acids is 1. The summed E-state index contributed by atoms with van der Waals surface area (Å²) in [6.07, 6.45) is -2.13. The molecule has 1 aromatic rings. The van der Waals surface area contributed by atoms with Crippen molar-refractivity contribution in [1.29, 1.82) is 0 Å². The van der Waals surface area contributed by atoms with Crippen LogP contribution in [0.2, 0.25) is 0 Å². The standard InChI is InChI=1S/C16H20BrN3O6/c1-16(2,3)26-15(25)20(12-6-4-5-11(17)18-12)9-7-10(13(21)22)19(8-9)14(23)24/h4-6,9-10H,7-8H2,1-3H3,(H,21,22)(H,23,24)/t9-,10-/m0/s1. The van der Waals surface area contributed by atoms with Crippen molar-refractivity contribution in [3.05, 3.63) is 22.8 Å². The van der Waals surface area contributed by atoms with Crippen LogP contribution in [-0.2, 0) is 9.53 Å². The molecule has 2 heterocycles. The number of ether oxygens (including phenoxy) is 1. The van der Waals surface area contributed by atoms with Gasteiger partial charge in [0.2, 0.25) is 0 Å². The number of anilines is 1. The quantitative estimate of drug-likeness (QED) is 0.708. The minimum Gasteiger partial charge on any atom is -0.480 e. The molecule has 1 saturated heterocycles. The van der Waals surface area contributed by atoms with Crippen LogP contribution in [-0.4, -0.2) is 62.5 Å². The van der Waals surface area contributed by atoms with Gasteiger partial charge in [0.25, 0.3) is 0 Å². The number of amides is 2. The van der Waals surface area contributed by atoms with Crippen molar-refractivity contribution in [3.8, 4) is 0 Å². The Morgan fingerprint density at radius 2 is 1.96 bits per heavy atom. The van der Waals surface area contributed by atoms with E-state index in [0.717, 1.165) is 4.90 Å². The molecule has 0 bridgehead atoms. The molecule has 1 fully saturated rings. The molecule has 0 radical (unpaired) electrons. The van der Waals surface area contributed by atoms with E-state index in [1.165, 1.54) is 4.90 Å². The fourth-order valence-electron chi connectivity index (χ4n) is 2.72. The van der Waals surface area contributed by atoms with Crippen molar-refractivity contribution < 1.29 is 29.3 Å². The van der Waals surface area contributed by atoms with Gasteiger partial charge in [-0.2, -0.15) is 0 Å². The molecule has 1 aliphatic rings. The topological polar surface area (TPSA) is 120 Å². The average molecular weight is 430 g/mol. The summed E-state index contributed by atoms with van der Waals surface area (Å²) in [6, 6.07) is 2.96. The number of likely N-dealkylation sites (tertiary alicyclic amines) is 1. The van der Waals surface area contributed by atoms with Gasteiger partial charge in [-0.25, -0.2) is 19.4 Å². The van der Waals surface area contributed by atoms with Crippen molar-refractivity contribution in [2.24, 2.45) is 0 Å². The van der Waals surface area contributed by atoms with Crippen LogP contribution in [0.3, 0.4) is 0 Å². The maximum absolute atomic E-state index is 12.7. The zero-order valence-electron chi connectivity index (χ0n) is 14.5. The van der Waals surface area contributed by atoms with Crippen LogP contribution in [0.1, 0.15) is 27.2 Å². The van der Waals surface area contributed by atoms with Crippen LogP contribution < -0.4 is 4.90 Å². The van der Waals surface area contributed by atoms with Gasteiger partial charge in [0, 0.05) is 13.0 Å². The van der Waals surface area contributed by atoms with E-state index in [0.29, 0.717) is 4.60 Å². The smallest absolute Gasteiger partial charge is 0.416 e. The van der Waals surface area contributed by atoms with Gasteiger partial charge < -0.3 is 14.9 Å². The lowest BCUT2D eigenvalue weighted by molar-refractivity contribution is -0.141. The van der Waals surface area contributed by atoms with E-state index in [9.17, 15) is 24.6 Å². The van der Waals surface area contributed by atoms with Crippen LogP contribution >= 0.6 is 15.9 Å². The number of hydrogen-bond acceptors (Lipinski definition) is 5. The molecule has 0 aromatic carbocycles. The van der Waals surface area contributed by atoms with Gasteiger partial charge >= 0.3 is 18.2 Å². The Kier molecular flexibility index (Phi) is 5.74. The molecule has 1 aromatic heterocycles. The molecule has 0 aliphatic carbocycles. The molecule has 2 N–H and O–H groups in total. The van der Waals surface area contributed by atoms with Gasteiger partial charge in [-0.3, -0.25) is 9.80 Å². The van der Waals surface area contributed by atoms with Crippen LogP contribution in [0.4, 0.5) is 15.4 Å². The van der Waals surface area contributed by atoms with E-state index in [4.69, 9.17) is 4.74 Å². The molecule has 2 rings (SSSR count). The van der Waals surface area contributed by atoms with E-state index >= 15 is 0 Å². The lowest BCUT2D eigenvalue weighted by atomic mass is 10.1. The minimum atomic E-state index is -1.36. The van der Waals surface area contributed by atoms with Gasteiger partial charge in [-0.15, -0.1) is 0 Å². The highest BCUT2D eigenvalue weighted by atomic mass is 79.9. The Morgan fingerprint density at radius 1 is 1.31 bits per heavy atom. The number of pyridine rings is 1. The third kappa shape index (κ3) is 4.63. The van der Waals surface area contributed by atoms with E-state index in [2.05, 4.69) is 20.9 Å². The number of carboxylic acid groups (broad SMARTS) is 2. The van der Waals surface area contributed by atoms with Gasteiger partial charge in [-0.05, 0) is 48.8 Å². The zero-order chi connectivity index (χ0) is 19.6. The third-order valence-electron chi connectivity index (χ3n) is 3.71. The third-order valence-corrected chi connectivity index (χ3v) is 4.15. The maximum atomic E-state index is 12.7. The van der Waals surface area contributed by atoms with Crippen LogP contribution in [0.15, 0.2) is 22.8 Å². The fourth-order valence-corrected chi connectivity index (χ4v) is 3.05. The Labute approximate surface area is 158 Å². The molecule has 10 heteroatoms. The molecular formula is C16H20BrN3O6. The maximum Gasteiger partial charge on any atom is 0.416 e. The summed E-state index contributed by atoms with van der Waals surface area (Å²) in [6.45, 7) is 4.96. The van der Waals surface area contributed by atoms with Crippen molar-refractivity contribution >= 4 is 39.9 Å². The van der Waals surface area contributed by atoms with Crippen LogP contribution in [0, 0.1) is 0 Å². The molecule has 2 amide bonds. The zero-order valence-corrected chi connectivity index (χ0v) is 16.1. The molecular weight excluding hydrogens is 410 g/mol. The van der Waals surface area contributed by atoms with E-state index in [1.54, 1.807) is 39.0 Å². The molecule has 0 saturated carbocycles. The first-order valence-corrected chi connectivity index (χ1v) is 8.66. The highest BCUT2D eigenvalue weighted by Gasteiger charge is 2.45. The molecule has 142 valence electrons. The number of aromatic nitrogens is 1. The first kappa shape index (κ1) is 20.0. The molecule has 0 spiro atoms. The van der Waals surface area contributed by atoms with Crippen molar-refractivity contribution in [2.45, 2.75) is 44.9 Å². The fraction of sp³-hybridized carbons (Fsp3) is 0.500. The Balaban J connectivity index is 2.39. The SMILES string of the molecule is CC(C)(C)OC(=O)N(c1cccc(Br)n1)[C@H]1C[C@@H](C(=O)O)N(C(=O)O)C1. The lowest BCUT2D eigenvalue weighted by Crippen LogP contribution is -2.45. The summed E-state index contributed by atoms with van der Waals surface area (Å²) in [4.78, 5) is 41.8. The molecule has 1 aliphatic heterocycles. The monoisotopic (exact) mass is 429 g/mol. The van der Waals surface area contributed by atoms with E-state index in [-0.39, 0.29) is 18.8 Å². The van der Waals surface area contributed by atoms with Gasteiger partial charge in [-0.1, -0.05) is 6.07 Å². The van der Waals surface area contributed by atoms with Crippen LogP contribution in [0.25, 0.3) is 0 Å². The molecule has 26 heavy (non-hydrogen) atoms. The average Bonchev–Trinajstić information content (AvgIpc) is 2.91. The van der Waals surface area contributed by atoms with Gasteiger partial charge in [0.1, 0.15) is 22.1 Å². The Morgan fingerprint density at radius 3 is 2.42 bits per heavy atom. The molecule has 2 atom stereocenters. The van der Waals surface area contributed by atoms with E-state index in [1.807, 2.05) is 0 Å². The molecule has 9 nitrogen and oxygen atoms in total. The predicted molar refractivity (Wildman–Crippen MR) is 95.2 cm³/mol. The highest BCUT2D eigenvalue weighted by molar-refractivity contribution is 9.10. The summed E-state index contributed by atoms with van der Waals surface area (Å²) >= 11 is 3.23. The lowest BCUT2D eigenvalue weighted by Gasteiger charge is -2.30. The normalized spacial score (nSPS) is 19.9. The van der Waals surface area contributed by atoms with Crippen LogP contribution in [0.5, 0.6) is 0 Å². The predicted octanol–water partition coefficient (Wildman–Crippen LogP) is 2.79. The Hall–Kier alpha value is -2.36. The first-order valence-electron chi connectivity index (χ1n) is 7.86. The number of halogens is 1. The number of carbonyl (C=O) groups is 3. The summed E-state index contributed by atoms with van der Waals surface area (Å²) in [5, 5.41) is 18.6. The number of carbonyl (C=O) groups excluding carboxylic acids is 1. The van der Waals surface area contributed by atoms with Crippen molar-refractivity contribution in [3.63, 3.8) is 0 Å². The molecule has 0 unspecified atom stereocenters. The van der Waals surface area contributed by atoms with Crippen molar-refractivity contribution in [2.75, 3.05) is 11.4 Å². The minimum absolute atomic E-state index is 0.0604. The number of carboxylic acids is 1. The van der Waals surface area contributed by atoms with Gasteiger partial charge in [0.05, 0.1) is 6.04 Å². The highest BCUT2D eigenvalue weighted by Crippen LogP contribution is 2.28. The summed E-state index contributed by atoms with van der Waals surface area (Å²) in [5.41, 5.74) is -0.779.